The lowest BCUT2D eigenvalue weighted by Crippen LogP contribution is -1.93. The molecule has 0 aliphatic heterocycles. The van der Waals surface area contributed by atoms with Gasteiger partial charge in [-0.15, -0.1) is 5.10 Å². The fraction of sp³-hybridized carbons (Fsp3) is 0. The maximum atomic E-state index is 5.39. The Labute approximate surface area is 92.8 Å². The number of fused-ring (bicyclic) bond motifs is 1. The number of pyridine rings is 1. The SMILES string of the molecule is Brc1ccc(-n2nnc3cnccc32)o1. The highest BCUT2D eigenvalue weighted by molar-refractivity contribution is 9.10. The first-order valence-electron chi connectivity index (χ1n) is 4.26. The Morgan fingerprint density at radius 2 is 2.20 bits per heavy atom. The number of furan rings is 1. The summed E-state index contributed by atoms with van der Waals surface area (Å²) in [5.74, 6) is 0.621. The molecular formula is C9H5BrN4O. The minimum Gasteiger partial charge on any atom is -0.432 e. The van der Waals surface area contributed by atoms with Crippen molar-refractivity contribution < 1.29 is 4.42 Å². The summed E-state index contributed by atoms with van der Waals surface area (Å²) in [6, 6.07) is 5.47. The van der Waals surface area contributed by atoms with E-state index in [4.69, 9.17) is 4.42 Å². The fourth-order valence-corrected chi connectivity index (χ4v) is 1.66. The van der Waals surface area contributed by atoms with Crippen LogP contribution >= 0.6 is 15.9 Å². The van der Waals surface area contributed by atoms with Crippen molar-refractivity contribution >= 4 is 27.0 Å². The highest BCUT2D eigenvalue weighted by Gasteiger charge is 2.08. The molecule has 0 aliphatic carbocycles. The molecular weight excluding hydrogens is 260 g/mol. The third-order valence-corrected chi connectivity index (χ3v) is 2.44. The number of hydrogen-bond donors (Lipinski definition) is 0. The highest BCUT2D eigenvalue weighted by Crippen LogP contribution is 2.20. The molecule has 0 saturated carbocycles. The van der Waals surface area contributed by atoms with Crippen LogP contribution in [0.25, 0.3) is 16.9 Å². The van der Waals surface area contributed by atoms with E-state index in [9.17, 15) is 0 Å². The molecule has 0 aromatic carbocycles. The van der Waals surface area contributed by atoms with E-state index in [0.717, 1.165) is 11.0 Å². The van der Waals surface area contributed by atoms with Crippen molar-refractivity contribution in [3.05, 3.63) is 35.3 Å². The van der Waals surface area contributed by atoms with Crippen LogP contribution in [0.1, 0.15) is 0 Å². The summed E-state index contributed by atoms with van der Waals surface area (Å²) in [4.78, 5) is 3.97. The van der Waals surface area contributed by atoms with E-state index in [-0.39, 0.29) is 0 Å². The molecule has 5 nitrogen and oxygen atoms in total. The molecule has 0 saturated heterocycles. The lowest BCUT2D eigenvalue weighted by Gasteiger charge is -1.95. The van der Waals surface area contributed by atoms with Crippen LogP contribution < -0.4 is 0 Å². The van der Waals surface area contributed by atoms with Gasteiger partial charge in [0.15, 0.2) is 4.67 Å². The molecule has 3 aromatic heterocycles. The van der Waals surface area contributed by atoms with Crippen molar-refractivity contribution in [3.8, 4) is 5.88 Å². The minimum atomic E-state index is 0.621. The van der Waals surface area contributed by atoms with Crippen LogP contribution in [-0.4, -0.2) is 20.0 Å². The second kappa shape index (κ2) is 3.16. The summed E-state index contributed by atoms with van der Waals surface area (Å²) in [6.45, 7) is 0. The van der Waals surface area contributed by atoms with E-state index in [1.165, 1.54) is 0 Å². The Balaban J connectivity index is 2.27. The lowest BCUT2D eigenvalue weighted by atomic mass is 10.4. The smallest absolute Gasteiger partial charge is 0.223 e. The average Bonchev–Trinajstić information content (AvgIpc) is 2.83. The van der Waals surface area contributed by atoms with Crippen molar-refractivity contribution in [3.63, 3.8) is 0 Å². The third kappa shape index (κ3) is 1.33. The first-order chi connectivity index (χ1) is 7.34. The predicted molar refractivity (Wildman–Crippen MR) is 56.6 cm³/mol. The molecule has 0 fully saturated rings. The van der Waals surface area contributed by atoms with Gasteiger partial charge in [-0.25, -0.2) is 0 Å². The quantitative estimate of drug-likeness (QED) is 0.676. The second-order valence-corrected chi connectivity index (χ2v) is 3.72. The van der Waals surface area contributed by atoms with Gasteiger partial charge in [0, 0.05) is 12.3 Å². The molecule has 3 aromatic rings. The van der Waals surface area contributed by atoms with Crippen LogP contribution in [0.2, 0.25) is 0 Å². The van der Waals surface area contributed by atoms with Crippen LogP contribution in [0.5, 0.6) is 0 Å². The van der Waals surface area contributed by atoms with Gasteiger partial charge in [-0.2, -0.15) is 4.68 Å². The molecule has 0 atom stereocenters. The Kier molecular flexibility index (Phi) is 1.81. The molecule has 0 unspecified atom stereocenters. The minimum absolute atomic E-state index is 0.621. The molecule has 0 N–H and O–H groups in total. The summed E-state index contributed by atoms with van der Waals surface area (Å²) in [5, 5.41) is 7.97. The van der Waals surface area contributed by atoms with Crippen LogP contribution in [0.4, 0.5) is 0 Å². The molecule has 0 spiro atoms. The predicted octanol–water partition coefficient (Wildman–Crippen LogP) is 2.17. The van der Waals surface area contributed by atoms with Gasteiger partial charge in [-0.3, -0.25) is 4.98 Å². The summed E-state index contributed by atoms with van der Waals surface area (Å²) in [6.07, 6.45) is 3.36. The molecule has 3 heterocycles. The van der Waals surface area contributed by atoms with Crippen LogP contribution in [0.15, 0.2) is 39.7 Å². The summed E-state index contributed by atoms with van der Waals surface area (Å²) in [7, 11) is 0. The first-order valence-corrected chi connectivity index (χ1v) is 5.05. The van der Waals surface area contributed by atoms with Crippen LogP contribution in [-0.2, 0) is 0 Å². The fourth-order valence-electron chi connectivity index (χ4n) is 1.36. The van der Waals surface area contributed by atoms with E-state index in [0.29, 0.717) is 10.6 Å². The zero-order valence-corrected chi connectivity index (χ0v) is 9.05. The van der Waals surface area contributed by atoms with Gasteiger partial charge in [0.1, 0.15) is 11.0 Å². The van der Waals surface area contributed by atoms with Crippen molar-refractivity contribution in [1.82, 2.24) is 20.0 Å². The maximum absolute atomic E-state index is 5.39. The maximum Gasteiger partial charge on any atom is 0.223 e. The standard InChI is InChI=1S/C9H5BrN4O/c10-8-1-2-9(15-8)14-7-3-4-11-5-6(7)12-13-14/h1-5H. The Morgan fingerprint density at radius 1 is 1.27 bits per heavy atom. The van der Waals surface area contributed by atoms with E-state index in [2.05, 4.69) is 31.2 Å². The lowest BCUT2D eigenvalue weighted by molar-refractivity contribution is 0.501. The van der Waals surface area contributed by atoms with Crippen molar-refractivity contribution in [2.75, 3.05) is 0 Å². The Bertz CT molecular complexity index is 615. The van der Waals surface area contributed by atoms with Crippen LogP contribution in [0.3, 0.4) is 0 Å². The van der Waals surface area contributed by atoms with Gasteiger partial charge in [-0.1, -0.05) is 5.21 Å². The molecule has 15 heavy (non-hydrogen) atoms. The summed E-state index contributed by atoms with van der Waals surface area (Å²) >= 11 is 3.24. The van der Waals surface area contributed by atoms with Crippen molar-refractivity contribution in [2.45, 2.75) is 0 Å². The van der Waals surface area contributed by atoms with E-state index < -0.39 is 0 Å². The van der Waals surface area contributed by atoms with E-state index in [1.807, 2.05) is 18.2 Å². The molecule has 6 heteroatoms. The normalized spacial score (nSPS) is 11.0. The Morgan fingerprint density at radius 3 is 3.00 bits per heavy atom. The second-order valence-electron chi connectivity index (χ2n) is 2.94. The molecule has 0 amide bonds. The molecule has 0 aliphatic rings. The number of halogens is 1. The van der Waals surface area contributed by atoms with Gasteiger partial charge in [0.2, 0.25) is 5.88 Å². The van der Waals surface area contributed by atoms with E-state index >= 15 is 0 Å². The number of aromatic nitrogens is 4. The monoisotopic (exact) mass is 264 g/mol. The molecule has 3 rings (SSSR count). The van der Waals surface area contributed by atoms with Crippen molar-refractivity contribution in [2.24, 2.45) is 0 Å². The first kappa shape index (κ1) is 8.60. The Hall–Kier alpha value is -1.69. The molecule has 74 valence electrons. The van der Waals surface area contributed by atoms with Crippen LogP contribution in [0, 0.1) is 0 Å². The molecule has 0 bridgehead atoms. The number of hydrogen-bond acceptors (Lipinski definition) is 4. The largest absolute Gasteiger partial charge is 0.432 e. The van der Waals surface area contributed by atoms with E-state index in [1.54, 1.807) is 17.1 Å². The van der Waals surface area contributed by atoms with Gasteiger partial charge in [0.25, 0.3) is 0 Å². The third-order valence-electron chi connectivity index (χ3n) is 2.02. The summed E-state index contributed by atoms with van der Waals surface area (Å²) in [5.41, 5.74) is 1.61. The summed E-state index contributed by atoms with van der Waals surface area (Å²) < 4.78 is 7.68. The number of rotatable bonds is 1. The number of nitrogens with zero attached hydrogens (tertiary/aromatic N) is 4. The van der Waals surface area contributed by atoms with Gasteiger partial charge in [-0.05, 0) is 28.1 Å². The average molecular weight is 265 g/mol. The zero-order valence-electron chi connectivity index (χ0n) is 7.46. The van der Waals surface area contributed by atoms with Gasteiger partial charge in [0.05, 0.1) is 6.20 Å². The topological polar surface area (TPSA) is 56.7 Å². The highest BCUT2D eigenvalue weighted by atomic mass is 79.9. The van der Waals surface area contributed by atoms with Gasteiger partial charge >= 0.3 is 0 Å². The zero-order chi connectivity index (χ0) is 10.3. The van der Waals surface area contributed by atoms with Gasteiger partial charge < -0.3 is 4.42 Å². The van der Waals surface area contributed by atoms with Crippen molar-refractivity contribution in [1.29, 1.82) is 0 Å². The molecule has 0 radical (unpaired) electrons.